The minimum absolute atomic E-state index is 0.251. The number of hydrogen-bond donors (Lipinski definition) is 9. The Kier molecular flexibility index (Phi) is 41.9. The molecule has 0 spiro atoms. The van der Waals surface area contributed by atoms with Gasteiger partial charge < -0.3 is 65.1 Å². The van der Waals surface area contributed by atoms with E-state index in [1.807, 2.05) is 6.08 Å². The molecule has 0 bridgehead atoms. The molecule has 2 aliphatic heterocycles. The van der Waals surface area contributed by atoms with Crippen molar-refractivity contribution in [2.45, 2.75) is 293 Å². The molecule has 0 aromatic rings. The summed E-state index contributed by atoms with van der Waals surface area (Å²) in [5.74, 6) is -0.263. The monoisotopic (exact) mass is 1050 g/mol. The summed E-state index contributed by atoms with van der Waals surface area (Å²) >= 11 is 0. The summed E-state index contributed by atoms with van der Waals surface area (Å²) in [5, 5.41) is 87.1. The van der Waals surface area contributed by atoms with Gasteiger partial charge in [-0.1, -0.05) is 216 Å². The molecule has 12 atom stereocenters. The third kappa shape index (κ3) is 31.2. The van der Waals surface area contributed by atoms with Gasteiger partial charge in [0.05, 0.1) is 32.0 Å². The SMILES string of the molecule is CC/C=C\C/C=C\C/C=C\C/C=C\CCCCCCC(=O)NC(COC1OC(CO)C(OC2OC(CO)C(O)C(O)C2O)C(O)C1O)C(O)/C=C/CCCCCCCCCCCCCCCCCCCCCCC. The Hall–Kier alpha value is -2.31. The van der Waals surface area contributed by atoms with Gasteiger partial charge in [-0.05, 0) is 57.8 Å². The fraction of sp³-hybridized carbons (Fsp3) is 0.817. The van der Waals surface area contributed by atoms with Crippen LogP contribution in [0, 0.1) is 0 Å². The van der Waals surface area contributed by atoms with Crippen LogP contribution in [0.2, 0.25) is 0 Å². The molecule has 0 saturated carbocycles. The summed E-state index contributed by atoms with van der Waals surface area (Å²) in [6, 6.07) is -0.930. The van der Waals surface area contributed by atoms with E-state index in [1.54, 1.807) is 6.08 Å². The first kappa shape index (κ1) is 67.8. The minimum atomic E-state index is -1.79. The van der Waals surface area contributed by atoms with E-state index in [2.05, 4.69) is 67.8 Å². The Bertz CT molecular complexity index is 1470. The van der Waals surface area contributed by atoms with Crippen molar-refractivity contribution in [3.8, 4) is 0 Å². The largest absolute Gasteiger partial charge is 0.394 e. The number of aliphatic hydroxyl groups excluding tert-OH is 8. The topological polar surface area (TPSA) is 228 Å². The van der Waals surface area contributed by atoms with Crippen molar-refractivity contribution in [1.29, 1.82) is 0 Å². The highest BCUT2D eigenvalue weighted by atomic mass is 16.7. The number of rotatable bonds is 46. The summed E-state index contributed by atoms with van der Waals surface area (Å²) in [7, 11) is 0. The molecular formula is C60H107NO13. The van der Waals surface area contributed by atoms with Crippen LogP contribution in [-0.4, -0.2) is 140 Å². The first-order valence-electron chi connectivity index (χ1n) is 29.5. The molecule has 9 N–H and O–H groups in total. The van der Waals surface area contributed by atoms with E-state index < -0.39 is 86.8 Å². The summed E-state index contributed by atoms with van der Waals surface area (Å²) in [6.45, 7) is 2.67. The van der Waals surface area contributed by atoms with Gasteiger partial charge in [0.2, 0.25) is 5.91 Å². The molecule has 2 saturated heterocycles. The molecule has 0 aromatic heterocycles. The molecule has 2 aliphatic rings. The Morgan fingerprint density at radius 2 is 0.932 bits per heavy atom. The summed E-state index contributed by atoms with van der Waals surface area (Å²) in [5.41, 5.74) is 0. The van der Waals surface area contributed by atoms with Crippen LogP contribution < -0.4 is 5.32 Å². The lowest BCUT2D eigenvalue weighted by atomic mass is 9.97. The Labute approximate surface area is 447 Å². The van der Waals surface area contributed by atoms with Gasteiger partial charge in [0.15, 0.2) is 12.6 Å². The van der Waals surface area contributed by atoms with Crippen LogP contribution in [0.3, 0.4) is 0 Å². The quantitative estimate of drug-likeness (QED) is 0.0205. The molecule has 430 valence electrons. The van der Waals surface area contributed by atoms with Crippen LogP contribution in [0.25, 0.3) is 0 Å². The van der Waals surface area contributed by atoms with Gasteiger partial charge in [0.1, 0.15) is 48.8 Å². The molecule has 0 aromatic carbocycles. The average Bonchev–Trinajstić information content (AvgIpc) is 3.40. The normalized spacial score (nSPS) is 25.6. The van der Waals surface area contributed by atoms with Gasteiger partial charge in [-0.25, -0.2) is 0 Å². The van der Waals surface area contributed by atoms with Gasteiger partial charge in [-0.15, -0.1) is 0 Å². The van der Waals surface area contributed by atoms with Crippen LogP contribution in [0.1, 0.15) is 219 Å². The van der Waals surface area contributed by atoms with Gasteiger partial charge in [0, 0.05) is 6.42 Å². The van der Waals surface area contributed by atoms with E-state index in [0.29, 0.717) is 6.42 Å². The maximum atomic E-state index is 13.2. The fourth-order valence-electron chi connectivity index (χ4n) is 9.46. The lowest BCUT2D eigenvalue weighted by Gasteiger charge is -2.46. The molecular weight excluding hydrogens is 943 g/mol. The van der Waals surface area contributed by atoms with Gasteiger partial charge in [-0.3, -0.25) is 4.79 Å². The molecule has 0 aliphatic carbocycles. The van der Waals surface area contributed by atoms with Crippen LogP contribution in [0.5, 0.6) is 0 Å². The fourth-order valence-corrected chi connectivity index (χ4v) is 9.46. The zero-order chi connectivity index (χ0) is 53.9. The second-order valence-corrected chi connectivity index (χ2v) is 20.7. The summed E-state index contributed by atoms with van der Waals surface area (Å²) < 4.78 is 22.8. The Morgan fingerprint density at radius 1 is 0.500 bits per heavy atom. The van der Waals surface area contributed by atoms with Gasteiger partial charge in [0.25, 0.3) is 0 Å². The number of aliphatic hydroxyl groups is 8. The van der Waals surface area contributed by atoms with Gasteiger partial charge >= 0.3 is 0 Å². The summed E-state index contributed by atoms with van der Waals surface area (Å²) in [6.07, 6.45) is 41.1. The summed E-state index contributed by atoms with van der Waals surface area (Å²) in [4.78, 5) is 13.2. The Morgan fingerprint density at radius 3 is 1.43 bits per heavy atom. The Balaban J connectivity index is 1.78. The lowest BCUT2D eigenvalue weighted by molar-refractivity contribution is -0.359. The van der Waals surface area contributed by atoms with Crippen molar-refractivity contribution in [2.24, 2.45) is 0 Å². The van der Waals surface area contributed by atoms with Crippen molar-refractivity contribution in [2.75, 3.05) is 19.8 Å². The highest BCUT2D eigenvalue weighted by Crippen LogP contribution is 2.30. The van der Waals surface area contributed by atoms with Crippen molar-refractivity contribution in [3.05, 3.63) is 60.8 Å². The van der Waals surface area contributed by atoms with E-state index in [9.17, 15) is 45.6 Å². The number of ether oxygens (including phenoxy) is 4. The first-order chi connectivity index (χ1) is 36.1. The molecule has 12 unspecified atom stereocenters. The van der Waals surface area contributed by atoms with E-state index in [-0.39, 0.29) is 18.9 Å². The standard InChI is InChI=1S/C60H107NO13/c1-3-5-7-9-11-13-15-17-19-21-22-23-24-25-26-28-29-31-33-35-37-39-41-43-49(64)48(61-52(65)44-42-40-38-36-34-32-30-27-20-18-16-14-12-10-8-6-4-2)47-71-59-57(70)55(68)58(51(46-63)73-59)74-60-56(69)54(67)53(66)50(45-62)72-60/h6,8,12,14,18,20,30,32,41,43,48-51,53-60,62-64,66-70H,3-5,7,9-11,13,15-17,19,21-29,31,33-40,42,44-47H2,1-2H3,(H,61,65)/b8-6-,14-12-,20-18-,32-30-,43-41+. The second kappa shape index (κ2) is 45.7. The predicted octanol–water partition coefficient (Wildman–Crippen LogP) is 9.78. The molecule has 14 nitrogen and oxygen atoms in total. The molecule has 1 amide bonds. The van der Waals surface area contributed by atoms with E-state index in [4.69, 9.17) is 18.9 Å². The van der Waals surface area contributed by atoms with Crippen LogP contribution in [0.15, 0.2) is 60.8 Å². The zero-order valence-corrected chi connectivity index (χ0v) is 46.1. The number of allylic oxidation sites excluding steroid dienone is 9. The lowest BCUT2D eigenvalue weighted by Crippen LogP contribution is -2.65. The first-order valence-corrected chi connectivity index (χ1v) is 29.5. The molecule has 2 heterocycles. The van der Waals surface area contributed by atoms with E-state index in [0.717, 1.165) is 70.6 Å². The molecule has 14 heteroatoms. The van der Waals surface area contributed by atoms with Crippen LogP contribution in [-0.2, 0) is 23.7 Å². The number of unbranched alkanes of at least 4 members (excludes halogenated alkanes) is 25. The second-order valence-electron chi connectivity index (χ2n) is 20.7. The number of carbonyl (C=O) groups is 1. The van der Waals surface area contributed by atoms with Crippen molar-refractivity contribution < 1.29 is 64.6 Å². The van der Waals surface area contributed by atoms with Crippen LogP contribution >= 0.6 is 0 Å². The smallest absolute Gasteiger partial charge is 0.220 e. The zero-order valence-electron chi connectivity index (χ0n) is 46.1. The van der Waals surface area contributed by atoms with Crippen molar-refractivity contribution in [1.82, 2.24) is 5.32 Å². The van der Waals surface area contributed by atoms with Crippen LogP contribution in [0.4, 0.5) is 0 Å². The van der Waals surface area contributed by atoms with Gasteiger partial charge in [-0.2, -0.15) is 0 Å². The number of hydrogen-bond acceptors (Lipinski definition) is 13. The maximum Gasteiger partial charge on any atom is 0.220 e. The molecule has 2 fully saturated rings. The number of amides is 1. The van der Waals surface area contributed by atoms with Crippen molar-refractivity contribution in [3.63, 3.8) is 0 Å². The molecule has 0 radical (unpaired) electrons. The third-order valence-electron chi connectivity index (χ3n) is 14.2. The van der Waals surface area contributed by atoms with Crippen molar-refractivity contribution >= 4 is 5.91 Å². The maximum absolute atomic E-state index is 13.2. The van der Waals surface area contributed by atoms with E-state index >= 15 is 0 Å². The van der Waals surface area contributed by atoms with E-state index in [1.165, 1.54) is 122 Å². The number of nitrogens with one attached hydrogen (secondary N) is 1. The number of carbonyl (C=O) groups excluding carboxylic acids is 1. The molecule has 74 heavy (non-hydrogen) atoms. The molecule has 2 rings (SSSR count). The predicted molar refractivity (Wildman–Crippen MR) is 295 cm³/mol. The highest BCUT2D eigenvalue weighted by Gasteiger charge is 2.51. The third-order valence-corrected chi connectivity index (χ3v) is 14.2. The minimum Gasteiger partial charge on any atom is -0.394 e. The highest BCUT2D eigenvalue weighted by molar-refractivity contribution is 5.76. The average molecular weight is 1050 g/mol.